The first-order valence-corrected chi connectivity index (χ1v) is 11.6. The number of ketones is 1. The molecule has 0 saturated carbocycles. The minimum absolute atomic E-state index is 0.00920. The van der Waals surface area contributed by atoms with Crippen molar-refractivity contribution in [3.05, 3.63) is 0 Å². The van der Waals surface area contributed by atoms with Gasteiger partial charge < -0.3 is 10.1 Å². The molecule has 1 atom stereocenters. The smallest absolute Gasteiger partial charge is 0.267 e. The second kappa shape index (κ2) is 12.7. The predicted molar refractivity (Wildman–Crippen MR) is 105 cm³/mol. The maximum atomic E-state index is 11.8. The second-order valence-corrected chi connectivity index (χ2v) is 9.81. The number of hydrogen-bond donors (Lipinski definition) is 2. The molecule has 0 rings (SSSR count). The molecule has 0 aromatic heterocycles. The van der Waals surface area contributed by atoms with Crippen LogP contribution in [0.1, 0.15) is 59.3 Å². The lowest BCUT2D eigenvalue weighted by Crippen LogP contribution is -2.48. The second-order valence-electron chi connectivity index (χ2n) is 7.13. The van der Waals surface area contributed by atoms with Gasteiger partial charge in [-0.2, -0.15) is 20.2 Å². The van der Waals surface area contributed by atoms with E-state index in [4.69, 9.17) is 9.29 Å². The minimum Gasteiger partial charge on any atom is -0.381 e. The molecule has 0 spiro atoms. The van der Waals surface area contributed by atoms with Gasteiger partial charge in [0.15, 0.2) is 0 Å². The lowest BCUT2D eigenvalue weighted by Gasteiger charge is -2.24. The van der Waals surface area contributed by atoms with E-state index in [0.717, 1.165) is 31.4 Å². The molecule has 0 aliphatic carbocycles. The molecule has 0 aliphatic heterocycles. The summed E-state index contributed by atoms with van der Waals surface area (Å²) < 4.78 is 36.0. The summed E-state index contributed by atoms with van der Waals surface area (Å²) in [6.45, 7) is 4.69. The van der Waals surface area contributed by atoms with Crippen LogP contribution in [0.25, 0.3) is 0 Å². The van der Waals surface area contributed by atoms with Crippen LogP contribution in [0.2, 0.25) is 0 Å². The van der Waals surface area contributed by atoms with Gasteiger partial charge in [0.05, 0.1) is 17.4 Å². The molecule has 1 amide bonds. The molecule has 0 aromatic rings. The predicted octanol–water partition coefficient (Wildman–Crippen LogP) is 2.45. The number of carbonyl (C=O) groups is 2. The Morgan fingerprint density at radius 1 is 1.19 bits per heavy atom. The van der Waals surface area contributed by atoms with Crippen molar-refractivity contribution in [1.29, 1.82) is 0 Å². The third-order valence-corrected chi connectivity index (χ3v) is 5.81. The van der Waals surface area contributed by atoms with Crippen molar-refractivity contribution < 1.29 is 27.3 Å². The maximum Gasteiger partial charge on any atom is 0.267 e. The zero-order valence-electron chi connectivity index (χ0n) is 16.2. The lowest BCUT2D eigenvalue weighted by molar-refractivity contribution is -0.122. The van der Waals surface area contributed by atoms with Crippen molar-refractivity contribution in [3.63, 3.8) is 0 Å². The Morgan fingerprint density at radius 2 is 1.85 bits per heavy atom. The summed E-state index contributed by atoms with van der Waals surface area (Å²) >= 11 is 1.68. The molecule has 2 N–H and O–H groups in total. The van der Waals surface area contributed by atoms with Gasteiger partial charge in [-0.3, -0.25) is 14.1 Å². The first-order chi connectivity index (χ1) is 11.9. The summed E-state index contributed by atoms with van der Waals surface area (Å²) in [7, 11) is -2.50. The fourth-order valence-corrected chi connectivity index (χ4v) is 4.50. The topological polar surface area (TPSA) is 110 Å². The molecular weight excluding hydrogens is 378 g/mol. The first-order valence-electron chi connectivity index (χ1n) is 8.81. The van der Waals surface area contributed by atoms with Crippen molar-refractivity contribution in [1.82, 2.24) is 5.32 Å². The summed E-state index contributed by atoms with van der Waals surface area (Å²) in [5.74, 6) is 1.03. The van der Waals surface area contributed by atoms with E-state index in [-0.39, 0.29) is 17.8 Å². The zero-order chi connectivity index (χ0) is 20.2. The summed E-state index contributed by atoms with van der Waals surface area (Å²) in [6.07, 6.45) is 4.77. The van der Waals surface area contributed by atoms with E-state index in [1.807, 2.05) is 0 Å². The fraction of sp³-hybridized carbons (Fsp3) is 0.882. The Morgan fingerprint density at radius 3 is 2.38 bits per heavy atom. The normalized spacial score (nSPS) is 13.4. The number of ether oxygens (including phenoxy) is 1. The summed E-state index contributed by atoms with van der Waals surface area (Å²) in [6, 6.07) is 0. The molecular formula is C17H33NO6S2. The maximum absolute atomic E-state index is 11.8. The Balaban J connectivity index is 3.74. The number of unbranched alkanes of at least 4 members (excludes halogenated alkanes) is 2. The van der Waals surface area contributed by atoms with Gasteiger partial charge in [-0.15, -0.1) is 0 Å². The van der Waals surface area contributed by atoms with Crippen molar-refractivity contribution in [2.75, 3.05) is 24.4 Å². The third-order valence-electron chi connectivity index (χ3n) is 3.66. The number of amides is 1. The number of Topliss-reactive ketones (excluding diaryl/α,β-unsaturated/α-hetero) is 1. The number of thioether (sulfide) groups is 1. The largest absolute Gasteiger partial charge is 0.381 e. The van der Waals surface area contributed by atoms with E-state index in [1.165, 1.54) is 0 Å². The van der Waals surface area contributed by atoms with Gasteiger partial charge in [-0.25, -0.2) is 0 Å². The van der Waals surface area contributed by atoms with Crippen LogP contribution in [0.3, 0.4) is 0 Å². The molecule has 0 heterocycles. The number of methoxy groups -OCH3 is 1. The first kappa shape index (κ1) is 25.4. The van der Waals surface area contributed by atoms with Gasteiger partial charge >= 0.3 is 0 Å². The highest BCUT2D eigenvalue weighted by Gasteiger charge is 2.26. The molecule has 0 saturated heterocycles. The van der Waals surface area contributed by atoms with E-state index in [1.54, 1.807) is 39.6 Å². The van der Waals surface area contributed by atoms with Crippen LogP contribution in [0.15, 0.2) is 0 Å². The molecule has 26 heavy (non-hydrogen) atoms. The van der Waals surface area contributed by atoms with Crippen LogP contribution < -0.4 is 5.32 Å². The quantitative estimate of drug-likeness (QED) is 0.314. The Hall–Kier alpha value is -0.640. The number of hydrogen-bond acceptors (Lipinski definition) is 6. The summed E-state index contributed by atoms with van der Waals surface area (Å²) in [5, 5.41) is 2.63. The SMILES string of the molecule is COC(CCCCCSCCC(=O)NC(C)(C)CS(=O)(=O)O)CC(C)=O. The van der Waals surface area contributed by atoms with Crippen LogP contribution in [0, 0.1) is 0 Å². The van der Waals surface area contributed by atoms with Crippen molar-refractivity contribution >= 4 is 33.6 Å². The molecule has 154 valence electrons. The fourth-order valence-electron chi connectivity index (χ4n) is 2.58. The Kier molecular flexibility index (Phi) is 12.4. The van der Waals surface area contributed by atoms with Crippen molar-refractivity contribution in [2.45, 2.75) is 70.9 Å². The van der Waals surface area contributed by atoms with Gasteiger partial charge in [0.2, 0.25) is 5.91 Å². The number of rotatable bonds is 15. The van der Waals surface area contributed by atoms with Crippen molar-refractivity contribution in [3.8, 4) is 0 Å². The Labute approximate surface area is 161 Å². The van der Waals surface area contributed by atoms with Crippen LogP contribution in [-0.2, 0) is 24.4 Å². The highest BCUT2D eigenvalue weighted by Crippen LogP contribution is 2.13. The average Bonchev–Trinajstić information content (AvgIpc) is 2.44. The van der Waals surface area contributed by atoms with Gasteiger partial charge in [-0.1, -0.05) is 12.8 Å². The zero-order valence-corrected chi connectivity index (χ0v) is 17.9. The standard InChI is InChI=1S/C17H33NO6S2/c1-14(19)12-15(24-4)8-6-5-7-10-25-11-9-16(20)18-17(2,3)13-26(21,22)23/h15H,5-13H2,1-4H3,(H,18,20)(H,21,22,23). The molecule has 0 aromatic carbocycles. The summed E-state index contributed by atoms with van der Waals surface area (Å²) in [5.41, 5.74) is -0.993. The van der Waals surface area contributed by atoms with Gasteiger partial charge in [0.1, 0.15) is 5.78 Å². The van der Waals surface area contributed by atoms with E-state index in [9.17, 15) is 18.0 Å². The summed E-state index contributed by atoms with van der Waals surface area (Å²) in [4.78, 5) is 22.9. The molecule has 1 unspecified atom stereocenters. The van der Waals surface area contributed by atoms with Crippen molar-refractivity contribution in [2.24, 2.45) is 0 Å². The van der Waals surface area contributed by atoms with E-state index in [2.05, 4.69) is 5.32 Å². The van der Waals surface area contributed by atoms with Crippen LogP contribution in [-0.4, -0.2) is 60.7 Å². The number of carbonyl (C=O) groups excluding carboxylic acids is 2. The van der Waals surface area contributed by atoms with Gasteiger partial charge in [0.25, 0.3) is 10.1 Å². The van der Waals surface area contributed by atoms with Gasteiger partial charge in [-0.05, 0) is 39.4 Å². The van der Waals surface area contributed by atoms with E-state index >= 15 is 0 Å². The highest BCUT2D eigenvalue weighted by molar-refractivity contribution is 7.99. The minimum atomic E-state index is -4.13. The monoisotopic (exact) mass is 411 g/mol. The van der Waals surface area contributed by atoms with E-state index in [0.29, 0.717) is 18.6 Å². The van der Waals surface area contributed by atoms with Crippen LogP contribution in [0.5, 0.6) is 0 Å². The molecule has 0 fully saturated rings. The molecule has 0 bridgehead atoms. The molecule has 9 heteroatoms. The average molecular weight is 412 g/mol. The Bertz CT molecular complexity index is 533. The van der Waals surface area contributed by atoms with E-state index < -0.39 is 21.4 Å². The molecule has 7 nitrogen and oxygen atoms in total. The van der Waals surface area contributed by atoms with Gasteiger partial charge in [0, 0.05) is 25.7 Å². The molecule has 0 radical (unpaired) electrons. The van der Waals surface area contributed by atoms with Crippen LogP contribution in [0.4, 0.5) is 0 Å². The number of nitrogens with one attached hydrogen (secondary N) is 1. The highest BCUT2D eigenvalue weighted by atomic mass is 32.2. The lowest BCUT2D eigenvalue weighted by atomic mass is 10.1. The third kappa shape index (κ3) is 15.6. The van der Waals surface area contributed by atoms with Crippen LogP contribution >= 0.6 is 11.8 Å². The molecule has 0 aliphatic rings.